The highest BCUT2D eigenvalue weighted by molar-refractivity contribution is 5.76. The van der Waals surface area contributed by atoms with Crippen molar-refractivity contribution in [2.45, 2.75) is 38.6 Å². The molecule has 1 aliphatic rings. The molecule has 1 atom stereocenters. The van der Waals surface area contributed by atoms with Crippen LogP contribution in [0.3, 0.4) is 0 Å². The van der Waals surface area contributed by atoms with E-state index < -0.39 is 0 Å². The molecule has 0 radical (unpaired) electrons. The van der Waals surface area contributed by atoms with Crippen molar-refractivity contribution in [2.75, 3.05) is 39.4 Å². The monoisotopic (exact) mass is 258 g/mol. The Morgan fingerprint density at radius 1 is 1.39 bits per heavy atom. The summed E-state index contributed by atoms with van der Waals surface area (Å²) in [4.78, 5) is 14.0. The fourth-order valence-electron chi connectivity index (χ4n) is 2.27. The summed E-state index contributed by atoms with van der Waals surface area (Å²) in [6, 6.07) is -0.128. The lowest BCUT2D eigenvalue weighted by atomic mass is 10.1. The quantitative estimate of drug-likeness (QED) is 0.487. The van der Waals surface area contributed by atoms with Gasteiger partial charge in [0.2, 0.25) is 0 Å². The minimum absolute atomic E-state index is 0.111. The average Bonchev–Trinajstić information content (AvgIpc) is 2.39. The molecule has 0 aromatic heterocycles. The zero-order valence-corrected chi connectivity index (χ0v) is 11.4. The van der Waals surface area contributed by atoms with E-state index in [4.69, 9.17) is 9.84 Å². The van der Waals surface area contributed by atoms with Gasteiger partial charge in [-0.15, -0.1) is 0 Å². The maximum atomic E-state index is 11.8. The molecule has 0 aromatic rings. The molecule has 0 aliphatic carbocycles. The van der Waals surface area contributed by atoms with E-state index in [9.17, 15) is 4.79 Å². The van der Waals surface area contributed by atoms with E-state index in [1.807, 2.05) is 6.92 Å². The van der Waals surface area contributed by atoms with Gasteiger partial charge in [0, 0.05) is 26.2 Å². The summed E-state index contributed by atoms with van der Waals surface area (Å²) in [6.45, 7) is 6.04. The molecular weight excluding hydrogens is 232 g/mol. The first-order valence-electron chi connectivity index (χ1n) is 7.01. The molecule has 1 fully saturated rings. The summed E-state index contributed by atoms with van der Waals surface area (Å²) in [7, 11) is 0. The number of hydrogen-bond acceptors (Lipinski definition) is 5. The number of aliphatic hydroxyl groups excluding tert-OH is 1. The standard InChI is InChI=1S/C13H26N2O3/c1-2-18-13(17)12-11-14-7-9-15(12)8-5-3-4-6-10-16/h12,14,16H,2-11H2,1H3. The van der Waals surface area contributed by atoms with Crippen LogP contribution >= 0.6 is 0 Å². The summed E-state index contributed by atoms with van der Waals surface area (Å²) >= 11 is 0. The van der Waals surface area contributed by atoms with Crippen LogP contribution in [0.1, 0.15) is 32.6 Å². The number of ether oxygens (including phenoxy) is 1. The molecule has 2 N–H and O–H groups in total. The minimum Gasteiger partial charge on any atom is -0.465 e. The van der Waals surface area contributed by atoms with Crippen molar-refractivity contribution in [1.82, 2.24) is 10.2 Å². The Bertz CT molecular complexity index is 236. The van der Waals surface area contributed by atoms with Crippen molar-refractivity contribution < 1.29 is 14.6 Å². The van der Waals surface area contributed by atoms with Gasteiger partial charge in [-0.05, 0) is 26.3 Å². The lowest BCUT2D eigenvalue weighted by molar-refractivity contribution is -0.150. The number of carbonyl (C=O) groups excluding carboxylic acids is 1. The van der Waals surface area contributed by atoms with Crippen LogP contribution in [0, 0.1) is 0 Å². The number of piperazine rings is 1. The molecule has 0 saturated carbocycles. The number of nitrogens with one attached hydrogen (secondary N) is 1. The number of unbranched alkanes of at least 4 members (excludes halogenated alkanes) is 3. The van der Waals surface area contributed by atoms with Crippen LogP contribution in [0.15, 0.2) is 0 Å². The van der Waals surface area contributed by atoms with Crippen LogP contribution in [0.4, 0.5) is 0 Å². The van der Waals surface area contributed by atoms with E-state index >= 15 is 0 Å². The zero-order chi connectivity index (χ0) is 13.2. The van der Waals surface area contributed by atoms with E-state index in [0.29, 0.717) is 13.2 Å². The molecule has 0 aromatic carbocycles. The third-order valence-corrected chi connectivity index (χ3v) is 3.27. The SMILES string of the molecule is CCOC(=O)C1CNCCN1CCCCCCO. The highest BCUT2D eigenvalue weighted by atomic mass is 16.5. The predicted molar refractivity (Wildman–Crippen MR) is 70.4 cm³/mol. The van der Waals surface area contributed by atoms with Crippen LogP contribution in [0.25, 0.3) is 0 Å². The second kappa shape index (κ2) is 9.30. The summed E-state index contributed by atoms with van der Waals surface area (Å²) < 4.78 is 5.10. The first kappa shape index (κ1) is 15.4. The Hall–Kier alpha value is -0.650. The molecular formula is C13H26N2O3. The van der Waals surface area contributed by atoms with E-state index in [1.165, 1.54) is 0 Å². The van der Waals surface area contributed by atoms with E-state index in [2.05, 4.69) is 10.2 Å². The number of esters is 1. The smallest absolute Gasteiger partial charge is 0.324 e. The van der Waals surface area contributed by atoms with Gasteiger partial charge in [-0.2, -0.15) is 0 Å². The molecule has 0 spiro atoms. The minimum atomic E-state index is -0.128. The van der Waals surface area contributed by atoms with Crippen molar-refractivity contribution in [3.8, 4) is 0 Å². The largest absolute Gasteiger partial charge is 0.465 e. The Kier molecular flexibility index (Phi) is 7.96. The fourth-order valence-corrected chi connectivity index (χ4v) is 2.27. The zero-order valence-electron chi connectivity index (χ0n) is 11.4. The molecule has 1 saturated heterocycles. The van der Waals surface area contributed by atoms with Crippen LogP contribution in [0.2, 0.25) is 0 Å². The summed E-state index contributed by atoms with van der Waals surface area (Å²) in [5.41, 5.74) is 0. The van der Waals surface area contributed by atoms with Crippen molar-refractivity contribution in [2.24, 2.45) is 0 Å². The Morgan fingerprint density at radius 3 is 2.89 bits per heavy atom. The Balaban J connectivity index is 2.28. The van der Waals surface area contributed by atoms with Gasteiger partial charge in [0.25, 0.3) is 0 Å². The first-order chi connectivity index (χ1) is 8.79. The second-order valence-corrected chi connectivity index (χ2v) is 4.65. The number of rotatable bonds is 8. The molecule has 1 unspecified atom stereocenters. The maximum Gasteiger partial charge on any atom is 0.324 e. The van der Waals surface area contributed by atoms with Crippen LogP contribution in [-0.2, 0) is 9.53 Å². The molecule has 1 rings (SSSR count). The normalized spacial score (nSPS) is 20.9. The number of nitrogens with zero attached hydrogens (tertiary/aromatic N) is 1. The van der Waals surface area contributed by atoms with E-state index in [0.717, 1.165) is 45.3 Å². The lowest BCUT2D eigenvalue weighted by Gasteiger charge is -2.34. The Labute approximate surface area is 109 Å². The van der Waals surface area contributed by atoms with Crippen molar-refractivity contribution in [1.29, 1.82) is 0 Å². The molecule has 18 heavy (non-hydrogen) atoms. The van der Waals surface area contributed by atoms with E-state index in [1.54, 1.807) is 0 Å². The second-order valence-electron chi connectivity index (χ2n) is 4.65. The van der Waals surface area contributed by atoms with E-state index in [-0.39, 0.29) is 18.6 Å². The van der Waals surface area contributed by atoms with Crippen LogP contribution < -0.4 is 5.32 Å². The van der Waals surface area contributed by atoms with Gasteiger partial charge in [0.05, 0.1) is 6.61 Å². The molecule has 0 bridgehead atoms. The predicted octanol–water partition coefficient (Wildman–Crippen LogP) is 0.376. The summed E-state index contributed by atoms with van der Waals surface area (Å²) in [6.07, 6.45) is 4.13. The lowest BCUT2D eigenvalue weighted by Crippen LogP contribution is -2.55. The third kappa shape index (κ3) is 5.33. The van der Waals surface area contributed by atoms with Gasteiger partial charge in [-0.3, -0.25) is 9.69 Å². The summed E-state index contributed by atoms with van der Waals surface area (Å²) in [5, 5.41) is 11.9. The van der Waals surface area contributed by atoms with Gasteiger partial charge in [-0.25, -0.2) is 0 Å². The third-order valence-electron chi connectivity index (χ3n) is 3.27. The molecule has 5 heteroatoms. The first-order valence-corrected chi connectivity index (χ1v) is 7.01. The fraction of sp³-hybridized carbons (Fsp3) is 0.923. The van der Waals surface area contributed by atoms with Crippen LogP contribution in [0.5, 0.6) is 0 Å². The summed E-state index contributed by atoms with van der Waals surface area (Å²) in [5.74, 6) is -0.111. The van der Waals surface area contributed by atoms with Gasteiger partial charge in [0.1, 0.15) is 6.04 Å². The molecule has 1 heterocycles. The molecule has 5 nitrogen and oxygen atoms in total. The maximum absolute atomic E-state index is 11.8. The highest BCUT2D eigenvalue weighted by Crippen LogP contribution is 2.09. The van der Waals surface area contributed by atoms with Crippen molar-refractivity contribution >= 4 is 5.97 Å². The van der Waals surface area contributed by atoms with Gasteiger partial charge < -0.3 is 15.2 Å². The average molecular weight is 258 g/mol. The molecule has 1 aliphatic heterocycles. The Morgan fingerprint density at radius 2 is 2.17 bits per heavy atom. The molecule has 106 valence electrons. The number of aliphatic hydroxyl groups is 1. The van der Waals surface area contributed by atoms with Crippen molar-refractivity contribution in [3.05, 3.63) is 0 Å². The topological polar surface area (TPSA) is 61.8 Å². The highest BCUT2D eigenvalue weighted by Gasteiger charge is 2.28. The van der Waals surface area contributed by atoms with Crippen molar-refractivity contribution in [3.63, 3.8) is 0 Å². The number of carbonyl (C=O) groups is 1. The molecule has 0 amide bonds. The van der Waals surface area contributed by atoms with Crippen LogP contribution in [-0.4, -0.2) is 61.4 Å². The van der Waals surface area contributed by atoms with Gasteiger partial charge in [0.15, 0.2) is 0 Å². The van der Waals surface area contributed by atoms with Gasteiger partial charge >= 0.3 is 5.97 Å². The van der Waals surface area contributed by atoms with Gasteiger partial charge in [-0.1, -0.05) is 12.8 Å². The number of hydrogen-bond donors (Lipinski definition) is 2.